The van der Waals surface area contributed by atoms with E-state index in [4.69, 9.17) is 14.2 Å². The molecule has 0 aromatic heterocycles. The molecule has 0 aliphatic carbocycles. The topological polar surface area (TPSA) is 60.0 Å². The molecule has 0 fully saturated rings. The van der Waals surface area contributed by atoms with Crippen molar-refractivity contribution in [3.63, 3.8) is 0 Å². The first-order valence-corrected chi connectivity index (χ1v) is 9.89. The predicted octanol–water partition coefficient (Wildman–Crippen LogP) is 2.90. The standard InChI is InChI=1S/C23H32N2O4/c1-27-16-6-15-25(17-20-7-4-5-8-22(20)29-3)18-23(26)24-14-13-19-9-11-21(28-2)12-10-19/h4-5,7-12H,6,13-18H2,1-3H3,(H,24,26). The smallest absolute Gasteiger partial charge is 0.234 e. The highest BCUT2D eigenvalue weighted by Gasteiger charge is 2.13. The lowest BCUT2D eigenvalue weighted by molar-refractivity contribution is -0.122. The lowest BCUT2D eigenvalue weighted by Crippen LogP contribution is -2.38. The molecule has 0 heterocycles. The Balaban J connectivity index is 1.86. The number of rotatable bonds is 13. The number of ether oxygens (including phenoxy) is 3. The summed E-state index contributed by atoms with van der Waals surface area (Å²) in [6.45, 7) is 3.04. The molecule has 0 saturated heterocycles. The highest BCUT2D eigenvalue weighted by atomic mass is 16.5. The van der Waals surface area contributed by atoms with Crippen LogP contribution in [-0.2, 0) is 22.5 Å². The first-order chi connectivity index (χ1) is 14.2. The maximum atomic E-state index is 12.5. The van der Waals surface area contributed by atoms with Crippen molar-refractivity contribution >= 4 is 5.91 Å². The Hall–Kier alpha value is -2.57. The van der Waals surface area contributed by atoms with Gasteiger partial charge < -0.3 is 19.5 Å². The van der Waals surface area contributed by atoms with Gasteiger partial charge in [0.2, 0.25) is 5.91 Å². The van der Waals surface area contributed by atoms with Crippen molar-refractivity contribution < 1.29 is 19.0 Å². The van der Waals surface area contributed by atoms with Crippen molar-refractivity contribution in [1.29, 1.82) is 0 Å². The molecule has 0 spiro atoms. The van der Waals surface area contributed by atoms with Gasteiger partial charge in [-0.2, -0.15) is 0 Å². The van der Waals surface area contributed by atoms with E-state index in [1.807, 2.05) is 48.5 Å². The molecule has 0 aliphatic heterocycles. The van der Waals surface area contributed by atoms with Gasteiger partial charge in [-0.25, -0.2) is 0 Å². The molecule has 158 valence electrons. The summed E-state index contributed by atoms with van der Waals surface area (Å²) in [5.41, 5.74) is 2.23. The average Bonchev–Trinajstić information content (AvgIpc) is 2.74. The quantitative estimate of drug-likeness (QED) is 0.524. The van der Waals surface area contributed by atoms with Crippen LogP contribution in [0.5, 0.6) is 11.5 Å². The molecule has 29 heavy (non-hydrogen) atoms. The van der Waals surface area contributed by atoms with Gasteiger partial charge in [-0.1, -0.05) is 30.3 Å². The number of benzene rings is 2. The lowest BCUT2D eigenvalue weighted by Gasteiger charge is -2.23. The summed E-state index contributed by atoms with van der Waals surface area (Å²) < 4.78 is 15.8. The van der Waals surface area contributed by atoms with Crippen LogP contribution in [-0.4, -0.2) is 58.4 Å². The normalized spacial score (nSPS) is 10.8. The van der Waals surface area contributed by atoms with Gasteiger partial charge in [0, 0.05) is 38.9 Å². The van der Waals surface area contributed by atoms with Gasteiger partial charge in [0.05, 0.1) is 20.8 Å². The van der Waals surface area contributed by atoms with Gasteiger partial charge in [0.15, 0.2) is 0 Å². The number of hydrogen-bond acceptors (Lipinski definition) is 5. The van der Waals surface area contributed by atoms with E-state index in [-0.39, 0.29) is 5.91 Å². The van der Waals surface area contributed by atoms with Crippen LogP contribution >= 0.6 is 0 Å². The minimum absolute atomic E-state index is 0.0193. The molecular formula is C23H32N2O4. The Morgan fingerprint density at radius 1 is 1.00 bits per heavy atom. The SMILES string of the molecule is COCCCN(CC(=O)NCCc1ccc(OC)cc1)Cc1ccccc1OC. The molecule has 2 rings (SSSR count). The van der Waals surface area contributed by atoms with E-state index >= 15 is 0 Å². The third-order valence-electron chi connectivity index (χ3n) is 4.67. The van der Waals surface area contributed by atoms with Crippen LogP contribution in [0.4, 0.5) is 0 Å². The Morgan fingerprint density at radius 3 is 2.45 bits per heavy atom. The molecule has 0 saturated carbocycles. The second-order valence-corrected chi connectivity index (χ2v) is 6.82. The first-order valence-electron chi connectivity index (χ1n) is 9.89. The summed E-state index contributed by atoms with van der Waals surface area (Å²) in [5, 5.41) is 3.02. The van der Waals surface area contributed by atoms with Crippen LogP contribution in [0.2, 0.25) is 0 Å². The number of nitrogens with one attached hydrogen (secondary N) is 1. The molecule has 6 nitrogen and oxygen atoms in total. The van der Waals surface area contributed by atoms with Crippen LogP contribution in [0.15, 0.2) is 48.5 Å². The molecule has 0 atom stereocenters. The van der Waals surface area contributed by atoms with Gasteiger partial charge in [-0.05, 0) is 36.6 Å². The second-order valence-electron chi connectivity index (χ2n) is 6.82. The third kappa shape index (κ3) is 8.13. The van der Waals surface area contributed by atoms with Crippen molar-refractivity contribution in [1.82, 2.24) is 10.2 Å². The summed E-state index contributed by atoms with van der Waals surface area (Å²) in [4.78, 5) is 14.6. The Kier molecular flexibility index (Phi) is 10.0. The van der Waals surface area contributed by atoms with E-state index in [0.29, 0.717) is 26.2 Å². The summed E-state index contributed by atoms with van der Waals surface area (Å²) >= 11 is 0. The molecule has 0 unspecified atom stereocenters. The Labute approximate surface area is 173 Å². The number of carbonyl (C=O) groups excluding carboxylic acids is 1. The van der Waals surface area contributed by atoms with Crippen molar-refractivity contribution in [2.45, 2.75) is 19.4 Å². The van der Waals surface area contributed by atoms with Gasteiger partial charge in [0.1, 0.15) is 11.5 Å². The lowest BCUT2D eigenvalue weighted by atomic mass is 10.1. The Bertz CT molecular complexity index is 734. The largest absolute Gasteiger partial charge is 0.497 e. The molecule has 0 radical (unpaired) electrons. The summed E-state index contributed by atoms with van der Waals surface area (Å²) in [7, 11) is 5.01. The monoisotopic (exact) mass is 400 g/mol. The molecular weight excluding hydrogens is 368 g/mol. The number of nitrogens with zero attached hydrogens (tertiary/aromatic N) is 1. The zero-order chi connectivity index (χ0) is 20.9. The fourth-order valence-corrected chi connectivity index (χ4v) is 3.12. The third-order valence-corrected chi connectivity index (χ3v) is 4.67. The highest BCUT2D eigenvalue weighted by Crippen LogP contribution is 2.19. The molecule has 0 aliphatic rings. The van der Waals surface area contributed by atoms with Crippen molar-refractivity contribution in [3.05, 3.63) is 59.7 Å². The maximum Gasteiger partial charge on any atom is 0.234 e. The molecule has 1 N–H and O–H groups in total. The zero-order valence-corrected chi connectivity index (χ0v) is 17.6. The number of amides is 1. The van der Waals surface area contributed by atoms with Gasteiger partial charge in [-0.15, -0.1) is 0 Å². The number of para-hydroxylation sites is 1. The zero-order valence-electron chi connectivity index (χ0n) is 17.6. The van der Waals surface area contributed by atoms with Crippen LogP contribution < -0.4 is 14.8 Å². The average molecular weight is 401 g/mol. The highest BCUT2D eigenvalue weighted by molar-refractivity contribution is 5.78. The van der Waals surface area contributed by atoms with E-state index in [1.54, 1.807) is 21.3 Å². The number of methoxy groups -OCH3 is 3. The minimum atomic E-state index is 0.0193. The molecule has 0 bridgehead atoms. The predicted molar refractivity (Wildman–Crippen MR) is 114 cm³/mol. The van der Waals surface area contributed by atoms with E-state index in [0.717, 1.165) is 42.0 Å². The van der Waals surface area contributed by atoms with E-state index in [9.17, 15) is 4.79 Å². The van der Waals surface area contributed by atoms with Crippen LogP contribution in [0.25, 0.3) is 0 Å². The van der Waals surface area contributed by atoms with Crippen molar-refractivity contribution in [2.24, 2.45) is 0 Å². The maximum absolute atomic E-state index is 12.5. The fourth-order valence-electron chi connectivity index (χ4n) is 3.12. The van der Waals surface area contributed by atoms with E-state index in [2.05, 4.69) is 10.2 Å². The number of hydrogen-bond donors (Lipinski definition) is 1. The minimum Gasteiger partial charge on any atom is -0.497 e. The molecule has 6 heteroatoms. The first kappa shape index (κ1) is 22.7. The van der Waals surface area contributed by atoms with Gasteiger partial charge in [0.25, 0.3) is 0 Å². The number of carbonyl (C=O) groups is 1. The van der Waals surface area contributed by atoms with Crippen LogP contribution in [0.3, 0.4) is 0 Å². The Morgan fingerprint density at radius 2 is 1.76 bits per heavy atom. The van der Waals surface area contributed by atoms with E-state index < -0.39 is 0 Å². The molecule has 2 aromatic rings. The summed E-state index contributed by atoms with van der Waals surface area (Å²) in [6.07, 6.45) is 1.65. The van der Waals surface area contributed by atoms with Crippen LogP contribution in [0.1, 0.15) is 17.5 Å². The van der Waals surface area contributed by atoms with Gasteiger partial charge >= 0.3 is 0 Å². The molecule has 1 amide bonds. The summed E-state index contributed by atoms with van der Waals surface area (Å²) in [6, 6.07) is 15.8. The fraction of sp³-hybridized carbons (Fsp3) is 0.435. The van der Waals surface area contributed by atoms with Crippen LogP contribution in [0, 0.1) is 0 Å². The second kappa shape index (κ2) is 12.8. The summed E-state index contributed by atoms with van der Waals surface area (Å²) in [5.74, 6) is 1.69. The molecule has 2 aromatic carbocycles. The van der Waals surface area contributed by atoms with Crippen molar-refractivity contribution in [3.8, 4) is 11.5 Å². The van der Waals surface area contributed by atoms with Gasteiger partial charge in [-0.3, -0.25) is 9.69 Å². The van der Waals surface area contributed by atoms with Crippen molar-refractivity contribution in [2.75, 3.05) is 47.6 Å². The van der Waals surface area contributed by atoms with E-state index in [1.165, 1.54) is 0 Å².